The second kappa shape index (κ2) is 5.19. The Morgan fingerprint density at radius 2 is 2.11 bits per heavy atom. The molecule has 1 fully saturated rings. The second-order valence-electron chi connectivity index (χ2n) is 4.66. The molecule has 0 aromatic heterocycles. The van der Waals surface area contributed by atoms with E-state index in [4.69, 9.17) is 5.26 Å². The Kier molecular flexibility index (Phi) is 3.63. The molecule has 1 N–H and O–H groups in total. The van der Waals surface area contributed by atoms with Crippen molar-refractivity contribution in [2.45, 2.75) is 25.9 Å². The molecule has 1 aromatic carbocycles. The molecule has 1 amide bonds. The predicted molar refractivity (Wildman–Crippen MR) is 67.0 cm³/mol. The Balaban J connectivity index is 2.17. The van der Waals surface area contributed by atoms with Crippen molar-refractivity contribution < 1.29 is 9.90 Å². The lowest BCUT2D eigenvalue weighted by Gasteiger charge is -2.30. The van der Waals surface area contributed by atoms with Crippen LogP contribution in [0.15, 0.2) is 18.2 Å². The SMILES string of the molecule is Cc1cc(C#N)ccc1C(=O)N1CCC(O)CC1. The van der Waals surface area contributed by atoms with Gasteiger partial charge in [0, 0.05) is 18.7 Å². The van der Waals surface area contributed by atoms with Crippen molar-refractivity contribution in [2.75, 3.05) is 13.1 Å². The smallest absolute Gasteiger partial charge is 0.254 e. The van der Waals surface area contributed by atoms with Gasteiger partial charge in [0.2, 0.25) is 0 Å². The zero-order valence-corrected chi connectivity index (χ0v) is 10.4. The fraction of sp³-hybridized carbons (Fsp3) is 0.429. The predicted octanol–water partition coefficient (Wildman–Crippen LogP) is 1.46. The van der Waals surface area contributed by atoms with Crippen molar-refractivity contribution in [3.8, 4) is 6.07 Å². The number of likely N-dealkylation sites (tertiary alicyclic amines) is 1. The highest BCUT2D eigenvalue weighted by atomic mass is 16.3. The highest BCUT2D eigenvalue weighted by Crippen LogP contribution is 2.17. The van der Waals surface area contributed by atoms with E-state index in [-0.39, 0.29) is 12.0 Å². The summed E-state index contributed by atoms with van der Waals surface area (Å²) in [5.41, 5.74) is 2.04. The summed E-state index contributed by atoms with van der Waals surface area (Å²) in [7, 11) is 0. The van der Waals surface area contributed by atoms with Gasteiger partial charge in [-0.3, -0.25) is 4.79 Å². The minimum absolute atomic E-state index is 0.0103. The first-order chi connectivity index (χ1) is 8.61. The Labute approximate surface area is 106 Å². The normalized spacial score (nSPS) is 16.4. The number of aliphatic hydroxyl groups excluding tert-OH is 1. The van der Waals surface area contributed by atoms with Crippen LogP contribution in [-0.4, -0.2) is 35.1 Å². The third-order valence-electron chi connectivity index (χ3n) is 3.34. The molecule has 2 rings (SSSR count). The number of aliphatic hydroxyl groups is 1. The average molecular weight is 244 g/mol. The number of aryl methyl sites for hydroxylation is 1. The monoisotopic (exact) mass is 244 g/mol. The molecule has 1 aromatic rings. The number of benzene rings is 1. The molecular formula is C14H16N2O2. The molecule has 0 bridgehead atoms. The van der Waals surface area contributed by atoms with Crippen molar-refractivity contribution in [3.05, 3.63) is 34.9 Å². The molecule has 0 radical (unpaired) electrons. The average Bonchev–Trinajstić information content (AvgIpc) is 2.38. The first kappa shape index (κ1) is 12.6. The summed E-state index contributed by atoms with van der Waals surface area (Å²) in [5, 5.41) is 18.2. The minimum Gasteiger partial charge on any atom is -0.393 e. The molecule has 4 nitrogen and oxygen atoms in total. The molecule has 1 aliphatic heterocycles. The lowest BCUT2D eigenvalue weighted by molar-refractivity contribution is 0.0546. The van der Waals surface area contributed by atoms with Crippen LogP contribution >= 0.6 is 0 Å². The summed E-state index contributed by atoms with van der Waals surface area (Å²) in [4.78, 5) is 14.1. The molecule has 0 spiro atoms. The van der Waals surface area contributed by atoms with E-state index in [0.29, 0.717) is 37.1 Å². The zero-order chi connectivity index (χ0) is 13.1. The van der Waals surface area contributed by atoms with Crippen LogP contribution in [0.25, 0.3) is 0 Å². The Morgan fingerprint density at radius 3 is 2.67 bits per heavy atom. The standard InChI is InChI=1S/C14H16N2O2/c1-10-8-11(9-15)2-3-13(10)14(18)16-6-4-12(17)5-7-16/h2-3,8,12,17H,4-7H2,1H3. The van der Waals surface area contributed by atoms with Crippen LogP contribution in [0.1, 0.15) is 34.3 Å². The molecule has 0 saturated carbocycles. The number of carbonyl (C=O) groups excluding carboxylic acids is 1. The van der Waals surface area contributed by atoms with Crippen molar-refractivity contribution in [3.63, 3.8) is 0 Å². The van der Waals surface area contributed by atoms with Gasteiger partial charge in [0.05, 0.1) is 17.7 Å². The summed E-state index contributed by atoms with van der Waals surface area (Å²) in [5.74, 6) is -0.0103. The minimum atomic E-state index is -0.281. The van der Waals surface area contributed by atoms with E-state index < -0.39 is 0 Å². The summed E-state index contributed by atoms with van der Waals surface area (Å²) in [6.45, 7) is 3.03. The fourth-order valence-electron chi connectivity index (χ4n) is 2.21. The fourth-order valence-corrected chi connectivity index (χ4v) is 2.21. The van der Waals surface area contributed by atoms with Crippen LogP contribution in [-0.2, 0) is 0 Å². The molecule has 0 unspecified atom stereocenters. The largest absolute Gasteiger partial charge is 0.393 e. The van der Waals surface area contributed by atoms with Crippen LogP contribution < -0.4 is 0 Å². The summed E-state index contributed by atoms with van der Waals surface area (Å²) in [6.07, 6.45) is 0.999. The van der Waals surface area contributed by atoms with E-state index in [9.17, 15) is 9.90 Å². The van der Waals surface area contributed by atoms with Crippen LogP contribution in [0, 0.1) is 18.3 Å². The van der Waals surface area contributed by atoms with Crippen molar-refractivity contribution in [1.82, 2.24) is 4.90 Å². The van der Waals surface area contributed by atoms with Gasteiger partial charge in [-0.15, -0.1) is 0 Å². The van der Waals surface area contributed by atoms with Gasteiger partial charge in [-0.05, 0) is 43.5 Å². The molecule has 94 valence electrons. The van der Waals surface area contributed by atoms with Crippen LogP contribution in [0.3, 0.4) is 0 Å². The maximum Gasteiger partial charge on any atom is 0.254 e. The van der Waals surface area contributed by atoms with Gasteiger partial charge in [-0.1, -0.05) is 0 Å². The highest BCUT2D eigenvalue weighted by Gasteiger charge is 2.23. The maximum absolute atomic E-state index is 12.3. The topological polar surface area (TPSA) is 64.3 Å². The third-order valence-corrected chi connectivity index (χ3v) is 3.34. The molecule has 1 saturated heterocycles. The van der Waals surface area contributed by atoms with Crippen molar-refractivity contribution in [2.24, 2.45) is 0 Å². The van der Waals surface area contributed by atoms with E-state index in [1.807, 2.05) is 6.92 Å². The molecule has 1 heterocycles. The van der Waals surface area contributed by atoms with Gasteiger partial charge >= 0.3 is 0 Å². The van der Waals surface area contributed by atoms with Crippen LogP contribution in [0.4, 0.5) is 0 Å². The van der Waals surface area contributed by atoms with Crippen LogP contribution in [0.2, 0.25) is 0 Å². The second-order valence-corrected chi connectivity index (χ2v) is 4.66. The number of nitriles is 1. The van der Waals surface area contributed by atoms with Crippen molar-refractivity contribution >= 4 is 5.91 Å². The molecule has 0 aliphatic carbocycles. The first-order valence-corrected chi connectivity index (χ1v) is 6.10. The Morgan fingerprint density at radius 1 is 1.44 bits per heavy atom. The van der Waals surface area contributed by atoms with Crippen LogP contribution in [0.5, 0.6) is 0 Å². The number of rotatable bonds is 1. The number of carbonyl (C=O) groups is 1. The van der Waals surface area contributed by atoms with Gasteiger partial charge in [0.25, 0.3) is 5.91 Å². The van der Waals surface area contributed by atoms with Gasteiger partial charge in [-0.25, -0.2) is 0 Å². The summed E-state index contributed by atoms with van der Waals surface area (Å²) < 4.78 is 0. The first-order valence-electron chi connectivity index (χ1n) is 6.10. The third kappa shape index (κ3) is 2.52. The highest BCUT2D eigenvalue weighted by molar-refractivity contribution is 5.95. The molecule has 1 aliphatic rings. The Hall–Kier alpha value is -1.86. The number of hydrogen-bond acceptors (Lipinski definition) is 3. The molecule has 0 atom stereocenters. The Bertz CT molecular complexity index is 497. The lowest BCUT2D eigenvalue weighted by atomic mass is 10.0. The summed E-state index contributed by atoms with van der Waals surface area (Å²) in [6, 6.07) is 7.16. The van der Waals surface area contributed by atoms with Crippen molar-refractivity contribution in [1.29, 1.82) is 5.26 Å². The summed E-state index contributed by atoms with van der Waals surface area (Å²) >= 11 is 0. The molecule has 4 heteroatoms. The number of nitrogens with zero attached hydrogens (tertiary/aromatic N) is 2. The van der Waals surface area contributed by atoms with E-state index >= 15 is 0 Å². The zero-order valence-electron chi connectivity index (χ0n) is 10.4. The molecular weight excluding hydrogens is 228 g/mol. The molecule has 18 heavy (non-hydrogen) atoms. The number of piperidine rings is 1. The van der Waals surface area contributed by atoms with E-state index in [2.05, 4.69) is 6.07 Å². The number of amides is 1. The van der Waals surface area contributed by atoms with E-state index in [1.165, 1.54) is 0 Å². The van der Waals surface area contributed by atoms with Gasteiger partial charge < -0.3 is 10.0 Å². The van der Waals surface area contributed by atoms with E-state index in [0.717, 1.165) is 5.56 Å². The van der Waals surface area contributed by atoms with Gasteiger partial charge in [0.1, 0.15) is 0 Å². The van der Waals surface area contributed by atoms with E-state index in [1.54, 1.807) is 23.1 Å². The van der Waals surface area contributed by atoms with Gasteiger partial charge in [-0.2, -0.15) is 5.26 Å². The quantitative estimate of drug-likeness (QED) is 0.813. The van der Waals surface area contributed by atoms with Gasteiger partial charge in [0.15, 0.2) is 0 Å². The number of hydrogen-bond donors (Lipinski definition) is 1. The maximum atomic E-state index is 12.3. The lowest BCUT2D eigenvalue weighted by Crippen LogP contribution is -2.40.